The molecule has 0 aliphatic carbocycles. The quantitative estimate of drug-likeness (QED) is 0.706. The van der Waals surface area contributed by atoms with Crippen LogP contribution in [0.25, 0.3) is 11.2 Å². The van der Waals surface area contributed by atoms with Crippen LogP contribution in [0.2, 0.25) is 0 Å². The minimum atomic E-state index is 0.0832. The first-order valence-electron chi connectivity index (χ1n) is 5.12. The lowest BCUT2D eigenvalue weighted by atomic mass is 10.2. The van der Waals surface area contributed by atoms with Gasteiger partial charge in [-0.1, -0.05) is 0 Å². The zero-order valence-corrected chi connectivity index (χ0v) is 8.50. The van der Waals surface area contributed by atoms with Gasteiger partial charge in [-0.15, -0.1) is 0 Å². The first kappa shape index (κ1) is 8.79. The Morgan fingerprint density at radius 3 is 3.13 bits per heavy atom. The lowest BCUT2D eigenvalue weighted by molar-refractivity contribution is 0.0131. The smallest absolute Gasteiger partial charge is 0.165 e. The van der Waals surface area contributed by atoms with E-state index in [1.165, 1.54) is 0 Å². The topological polar surface area (TPSA) is 52.8 Å². The number of fused-ring (bicyclic) bond motifs is 1. The fourth-order valence-electron chi connectivity index (χ4n) is 1.98. The lowest BCUT2D eigenvalue weighted by Crippen LogP contribution is -2.08. The molecule has 2 aromatic heterocycles. The Kier molecular flexibility index (Phi) is 1.92. The van der Waals surface area contributed by atoms with Crippen LogP contribution in [0.4, 0.5) is 0 Å². The maximum absolute atomic E-state index is 5.78. The summed E-state index contributed by atoms with van der Waals surface area (Å²) in [6.45, 7) is 2.09. The number of imidazole rings is 1. The molecule has 0 saturated carbocycles. The average Bonchev–Trinajstić information content (AvgIpc) is 2.83. The molecule has 1 aliphatic heterocycles. The molecule has 0 bridgehead atoms. The fourth-order valence-corrected chi connectivity index (χ4v) is 1.98. The Bertz CT molecular complexity index is 481. The molecule has 1 unspecified atom stereocenters. The van der Waals surface area contributed by atoms with Gasteiger partial charge in [-0.3, -0.25) is 4.57 Å². The van der Waals surface area contributed by atoms with Crippen LogP contribution in [0.5, 0.6) is 0 Å². The van der Waals surface area contributed by atoms with Crippen molar-refractivity contribution >= 4 is 11.2 Å². The summed E-state index contributed by atoms with van der Waals surface area (Å²) in [5, 5.41) is 0. The van der Waals surface area contributed by atoms with Crippen molar-refractivity contribution in [1.82, 2.24) is 19.5 Å². The minimum Gasteiger partial charge on any atom is -0.355 e. The van der Waals surface area contributed by atoms with Crippen molar-refractivity contribution in [3.8, 4) is 0 Å². The summed E-state index contributed by atoms with van der Waals surface area (Å²) in [6.07, 6.45) is 7.57. The van der Waals surface area contributed by atoms with E-state index in [0.717, 1.165) is 24.0 Å². The highest BCUT2D eigenvalue weighted by molar-refractivity contribution is 5.68. The summed E-state index contributed by atoms with van der Waals surface area (Å²) < 4.78 is 7.76. The highest BCUT2D eigenvalue weighted by atomic mass is 16.5. The van der Waals surface area contributed by atoms with Crippen LogP contribution >= 0.6 is 0 Å². The molecule has 15 heavy (non-hydrogen) atoms. The second-order valence-electron chi connectivity index (χ2n) is 3.86. The van der Waals surface area contributed by atoms with Crippen LogP contribution in [0, 0.1) is 0 Å². The Morgan fingerprint density at radius 1 is 1.40 bits per heavy atom. The predicted molar refractivity (Wildman–Crippen MR) is 54.1 cm³/mol. The molecule has 5 heteroatoms. The summed E-state index contributed by atoms with van der Waals surface area (Å²) in [6, 6.07) is 0. The molecule has 78 valence electrons. The summed E-state index contributed by atoms with van der Waals surface area (Å²) in [4.78, 5) is 12.4. The predicted octanol–water partition coefficient (Wildman–Crippen LogP) is 1.52. The highest BCUT2D eigenvalue weighted by Crippen LogP contribution is 2.29. The van der Waals surface area contributed by atoms with Crippen LogP contribution in [-0.2, 0) is 4.74 Å². The van der Waals surface area contributed by atoms with E-state index >= 15 is 0 Å². The Labute approximate surface area is 87.1 Å². The lowest BCUT2D eigenvalue weighted by Gasteiger charge is -2.12. The van der Waals surface area contributed by atoms with Crippen molar-refractivity contribution in [2.24, 2.45) is 0 Å². The van der Waals surface area contributed by atoms with Crippen molar-refractivity contribution in [2.75, 3.05) is 0 Å². The van der Waals surface area contributed by atoms with Crippen molar-refractivity contribution in [3.05, 3.63) is 18.9 Å². The van der Waals surface area contributed by atoms with Crippen LogP contribution in [-0.4, -0.2) is 25.6 Å². The standard InChI is InChI=1S/C10H12N4O/c1-7-2-3-9(15-7)14-6-13-8-4-11-5-12-10(8)14/h4-7,9H,2-3H2,1H3/t7-,9?/m1/s1. The van der Waals surface area contributed by atoms with Crippen LogP contribution < -0.4 is 0 Å². The van der Waals surface area contributed by atoms with E-state index in [1.807, 2.05) is 4.57 Å². The Balaban J connectivity index is 2.04. The zero-order chi connectivity index (χ0) is 10.3. The monoisotopic (exact) mass is 204 g/mol. The first-order valence-corrected chi connectivity index (χ1v) is 5.12. The molecular weight excluding hydrogens is 192 g/mol. The van der Waals surface area contributed by atoms with Crippen molar-refractivity contribution in [2.45, 2.75) is 32.1 Å². The summed E-state index contributed by atoms with van der Waals surface area (Å²) in [5.74, 6) is 0. The fraction of sp³-hybridized carbons (Fsp3) is 0.500. The maximum atomic E-state index is 5.78. The van der Waals surface area contributed by atoms with Gasteiger partial charge in [-0.25, -0.2) is 15.0 Å². The molecule has 2 aromatic rings. The molecule has 3 rings (SSSR count). The second-order valence-corrected chi connectivity index (χ2v) is 3.86. The molecule has 1 fully saturated rings. The summed E-state index contributed by atoms with van der Waals surface area (Å²) in [7, 11) is 0. The summed E-state index contributed by atoms with van der Waals surface area (Å²) >= 11 is 0. The number of hydrogen-bond donors (Lipinski definition) is 0. The average molecular weight is 204 g/mol. The molecular formula is C10H12N4O. The van der Waals surface area contributed by atoms with E-state index in [4.69, 9.17) is 4.74 Å². The van der Waals surface area contributed by atoms with Crippen LogP contribution in [0.1, 0.15) is 26.0 Å². The van der Waals surface area contributed by atoms with Gasteiger partial charge in [0.25, 0.3) is 0 Å². The molecule has 0 aromatic carbocycles. The summed E-state index contributed by atoms with van der Waals surface area (Å²) in [5.41, 5.74) is 1.67. The van der Waals surface area contributed by atoms with E-state index in [0.29, 0.717) is 6.10 Å². The largest absolute Gasteiger partial charge is 0.355 e. The van der Waals surface area contributed by atoms with Gasteiger partial charge >= 0.3 is 0 Å². The van der Waals surface area contributed by atoms with Gasteiger partial charge in [0.2, 0.25) is 0 Å². The van der Waals surface area contributed by atoms with Crippen molar-refractivity contribution < 1.29 is 4.74 Å². The SMILES string of the molecule is C[C@@H]1CCC(n2cnc3cncnc32)O1. The molecule has 0 spiro atoms. The van der Waals surface area contributed by atoms with Crippen molar-refractivity contribution in [3.63, 3.8) is 0 Å². The molecule has 5 nitrogen and oxygen atoms in total. The molecule has 1 saturated heterocycles. The van der Waals surface area contributed by atoms with Gasteiger partial charge in [0.15, 0.2) is 5.65 Å². The van der Waals surface area contributed by atoms with Gasteiger partial charge in [-0.2, -0.15) is 0 Å². The van der Waals surface area contributed by atoms with Gasteiger partial charge in [0.1, 0.15) is 18.1 Å². The van der Waals surface area contributed by atoms with Gasteiger partial charge in [0, 0.05) is 0 Å². The van der Waals surface area contributed by atoms with Crippen LogP contribution in [0.3, 0.4) is 0 Å². The molecule has 1 aliphatic rings. The molecule has 3 heterocycles. The number of hydrogen-bond acceptors (Lipinski definition) is 4. The Morgan fingerprint density at radius 2 is 2.33 bits per heavy atom. The van der Waals surface area contributed by atoms with Gasteiger partial charge < -0.3 is 4.74 Å². The minimum absolute atomic E-state index is 0.0832. The first-order chi connectivity index (χ1) is 7.34. The number of nitrogens with zero attached hydrogens (tertiary/aromatic N) is 4. The van der Waals surface area contributed by atoms with Gasteiger partial charge in [0.05, 0.1) is 18.6 Å². The third-order valence-electron chi connectivity index (χ3n) is 2.76. The third-order valence-corrected chi connectivity index (χ3v) is 2.76. The van der Waals surface area contributed by atoms with Crippen molar-refractivity contribution in [1.29, 1.82) is 0 Å². The van der Waals surface area contributed by atoms with E-state index in [9.17, 15) is 0 Å². The second kappa shape index (κ2) is 3.27. The van der Waals surface area contributed by atoms with Crippen LogP contribution in [0.15, 0.2) is 18.9 Å². The number of rotatable bonds is 1. The number of aromatic nitrogens is 4. The molecule has 0 N–H and O–H groups in total. The molecule has 0 amide bonds. The molecule has 2 atom stereocenters. The third kappa shape index (κ3) is 1.39. The van der Waals surface area contributed by atoms with E-state index in [1.54, 1.807) is 18.9 Å². The highest BCUT2D eigenvalue weighted by Gasteiger charge is 2.24. The van der Waals surface area contributed by atoms with E-state index in [-0.39, 0.29) is 6.23 Å². The zero-order valence-electron chi connectivity index (χ0n) is 8.50. The maximum Gasteiger partial charge on any atom is 0.165 e. The van der Waals surface area contributed by atoms with E-state index < -0.39 is 0 Å². The number of ether oxygens (including phenoxy) is 1. The Hall–Kier alpha value is -1.49. The van der Waals surface area contributed by atoms with Gasteiger partial charge in [-0.05, 0) is 19.8 Å². The normalized spacial score (nSPS) is 26.2. The van der Waals surface area contributed by atoms with E-state index in [2.05, 4.69) is 21.9 Å². The molecule has 0 radical (unpaired) electrons.